The van der Waals surface area contributed by atoms with Gasteiger partial charge in [-0.2, -0.15) is 11.3 Å². The number of nitrogens with zero attached hydrogens (tertiary/aromatic N) is 3. The molecule has 0 fully saturated rings. The highest BCUT2D eigenvalue weighted by Gasteiger charge is 2.15. The SMILES string of the molecule is CCCn1c(=O)c2[nH]c(/C=C/c3ccsc3)nc2n(CCC)c1=O. The van der Waals surface area contributed by atoms with Gasteiger partial charge < -0.3 is 4.98 Å². The average Bonchev–Trinajstić information content (AvgIpc) is 3.23. The molecule has 0 amide bonds. The van der Waals surface area contributed by atoms with Crippen molar-refractivity contribution in [3.05, 3.63) is 49.1 Å². The Morgan fingerprint density at radius 3 is 2.58 bits per heavy atom. The Morgan fingerprint density at radius 1 is 1.17 bits per heavy atom. The molecule has 0 aliphatic heterocycles. The van der Waals surface area contributed by atoms with Crippen molar-refractivity contribution in [3.8, 4) is 0 Å². The maximum Gasteiger partial charge on any atom is 0.332 e. The Bertz CT molecular complexity index is 977. The summed E-state index contributed by atoms with van der Waals surface area (Å²) in [6, 6.07) is 2.01. The molecule has 3 aromatic rings. The smallest absolute Gasteiger partial charge is 0.332 e. The molecule has 3 heterocycles. The van der Waals surface area contributed by atoms with E-state index in [1.165, 1.54) is 4.57 Å². The van der Waals surface area contributed by atoms with Gasteiger partial charge in [-0.05, 0) is 41.3 Å². The third-order valence-corrected chi connectivity index (χ3v) is 4.45. The van der Waals surface area contributed by atoms with Crippen molar-refractivity contribution in [2.45, 2.75) is 39.8 Å². The van der Waals surface area contributed by atoms with Gasteiger partial charge in [-0.1, -0.05) is 19.9 Å². The number of hydrogen-bond donors (Lipinski definition) is 1. The summed E-state index contributed by atoms with van der Waals surface area (Å²) < 4.78 is 2.88. The van der Waals surface area contributed by atoms with Crippen molar-refractivity contribution in [2.24, 2.45) is 0 Å². The van der Waals surface area contributed by atoms with Crippen LogP contribution >= 0.6 is 11.3 Å². The number of thiophene rings is 1. The Labute approximate surface area is 143 Å². The molecule has 0 aromatic carbocycles. The van der Waals surface area contributed by atoms with Crippen molar-refractivity contribution in [3.63, 3.8) is 0 Å². The molecule has 0 aliphatic carbocycles. The summed E-state index contributed by atoms with van der Waals surface area (Å²) >= 11 is 1.62. The van der Waals surface area contributed by atoms with E-state index in [1.807, 2.05) is 42.8 Å². The predicted octanol–water partition coefficient (Wildman–Crippen LogP) is 2.94. The lowest BCUT2D eigenvalue weighted by Crippen LogP contribution is -2.40. The fourth-order valence-electron chi connectivity index (χ4n) is 2.65. The van der Waals surface area contributed by atoms with Gasteiger partial charge in [-0.15, -0.1) is 0 Å². The molecule has 0 atom stereocenters. The fourth-order valence-corrected chi connectivity index (χ4v) is 3.28. The molecule has 24 heavy (non-hydrogen) atoms. The minimum absolute atomic E-state index is 0.281. The third kappa shape index (κ3) is 2.99. The molecule has 3 rings (SSSR count). The van der Waals surface area contributed by atoms with E-state index < -0.39 is 0 Å². The van der Waals surface area contributed by atoms with Crippen LogP contribution in [0.1, 0.15) is 38.1 Å². The molecule has 0 saturated carbocycles. The maximum atomic E-state index is 12.6. The van der Waals surface area contributed by atoms with E-state index in [4.69, 9.17) is 0 Å². The molecule has 0 unspecified atom stereocenters. The zero-order valence-electron chi connectivity index (χ0n) is 13.8. The van der Waals surface area contributed by atoms with Crippen LogP contribution in [0, 0.1) is 0 Å². The van der Waals surface area contributed by atoms with Crippen molar-refractivity contribution >= 4 is 34.7 Å². The summed E-state index contributed by atoms with van der Waals surface area (Å²) in [7, 11) is 0. The number of aromatic amines is 1. The van der Waals surface area contributed by atoms with Crippen molar-refractivity contribution in [1.29, 1.82) is 0 Å². The summed E-state index contributed by atoms with van der Waals surface area (Å²) in [5.74, 6) is 0.576. The fraction of sp³-hybridized carbons (Fsp3) is 0.353. The molecule has 126 valence electrons. The molecule has 7 heteroatoms. The second kappa shape index (κ2) is 7.00. The van der Waals surface area contributed by atoms with E-state index in [0.29, 0.717) is 30.1 Å². The minimum Gasteiger partial charge on any atom is -0.333 e. The Hall–Kier alpha value is -2.41. The summed E-state index contributed by atoms with van der Waals surface area (Å²) in [6.45, 7) is 4.90. The Morgan fingerprint density at radius 2 is 1.92 bits per heavy atom. The first-order valence-corrected chi connectivity index (χ1v) is 9.03. The van der Waals surface area contributed by atoms with Crippen LogP contribution in [0.2, 0.25) is 0 Å². The molecule has 3 aromatic heterocycles. The highest BCUT2D eigenvalue weighted by molar-refractivity contribution is 7.08. The molecule has 0 saturated heterocycles. The summed E-state index contributed by atoms with van der Waals surface area (Å²) in [4.78, 5) is 32.7. The first-order chi connectivity index (χ1) is 11.7. The van der Waals surface area contributed by atoms with Crippen molar-refractivity contribution in [1.82, 2.24) is 19.1 Å². The highest BCUT2D eigenvalue weighted by Crippen LogP contribution is 2.12. The molecule has 1 N–H and O–H groups in total. The van der Waals surface area contributed by atoms with Gasteiger partial charge in [-0.3, -0.25) is 13.9 Å². The summed E-state index contributed by atoms with van der Waals surface area (Å²) in [5, 5.41) is 4.03. The number of hydrogen-bond acceptors (Lipinski definition) is 4. The topological polar surface area (TPSA) is 72.7 Å². The summed E-state index contributed by atoms with van der Waals surface area (Å²) in [5.41, 5.74) is 1.32. The van der Waals surface area contributed by atoms with Gasteiger partial charge in [0.25, 0.3) is 5.56 Å². The number of aryl methyl sites for hydroxylation is 1. The van der Waals surface area contributed by atoms with Gasteiger partial charge >= 0.3 is 5.69 Å². The van der Waals surface area contributed by atoms with Gasteiger partial charge in [0, 0.05) is 13.1 Å². The van der Waals surface area contributed by atoms with E-state index in [-0.39, 0.29) is 11.2 Å². The van der Waals surface area contributed by atoms with Crippen LogP contribution < -0.4 is 11.2 Å². The number of H-pyrrole nitrogens is 1. The molecular formula is C17H20N4O2S. The zero-order valence-corrected chi connectivity index (χ0v) is 14.6. The van der Waals surface area contributed by atoms with E-state index in [2.05, 4.69) is 9.97 Å². The summed E-state index contributed by atoms with van der Waals surface area (Å²) in [6.07, 6.45) is 5.28. The van der Waals surface area contributed by atoms with Crippen LogP contribution in [-0.2, 0) is 13.1 Å². The van der Waals surface area contributed by atoms with Crippen molar-refractivity contribution < 1.29 is 0 Å². The molecule has 0 spiro atoms. The predicted molar refractivity (Wildman–Crippen MR) is 98.4 cm³/mol. The number of imidazole rings is 1. The molecule has 0 radical (unpaired) electrons. The minimum atomic E-state index is -0.299. The molecule has 0 bridgehead atoms. The first-order valence-electron chi connectivity index (χ1n) is 8.09. The zero-order chi connectivity index (χ0) is 17.1. The number of nitrogens with one attached hydrogen (secondary N) is 1. The molecule has 6 nitrogen and oxygen atoms in total. The third-order valence-electron chi connectivity index (χ3n) is 3.75. The first kappa shape index (κ1) is 16.4. The number of aromatic nitrogens is 4. The largest absolute Gasteiger partial charge is 0.333 e. The van der Waals surface area contributed by atoms with Gasteiger partial charge in [0.2, 0.25) is 0 Å². The monoisotopic (exact) mass is 344 g/mol. The van der Waals surface area contributed by atoms with Gasteiger partial charge in [0.1, 0.15) is 11.3 Å². The second-order valence-electron chi connectivity index (χ2n) is 5.60. The lowest BCUT2D eigenvalue weighted by atomic mass is 10.3. The van der Waals surface area contributed by atoms with Crippen LogP contribution in [-0.4, -0.2) is 19.1 Å². The van der Waals surface area contributed by atoms with Crippen LogP contribution in [0.15, 0.2) is 26.4 Å². The molecular weight excluding hydrogens is 324 g/mol. The Kier molecular flexibility index (Phi) is 4.80. The van der Waals surface area contributed by atoms with Gasteiger partial charge in [0.05, 0.1) is 0 Å². The van der Waals surface area contributed by atoms with E-state index in [9.17, 15) is 9.59 Å². The lowest BCUT2D eigenvalue weighted by Gasteiger charge is -2.09. The van der Waals surface area contributed by atoms with Crippen LogP contribution in [0.3, 0.4) is 0 Å². The molecule has 0 aliphatic rings. The normalized spacial score (nSPS) is 11.8. The van der Waals surface area contributed by atoms with Crippen LogP contribution in [0.25, 0.3) is 23.3 Å². The second-order valence-corrected chi connectivity index (χ2v) is 6.38. The van der Waals surface area contributed by atoms with Crippen molar-refractivity contribution in [2.75, 3.05) is 0 Å². The average molecular weight is 344 g/mol. The van der Waals surface area contributed by atoms with Crippen LogP contribution in [0.5, 0.6) is 0 Å². The van der Waals surface area contributed by atoms with E-state index in [1.54, 1.807) is 15.9 Å². The Balaban J connectivity index is 2.16. The highest BCUT2D eigenvalue weighted by atomic mass is 32.1. The quantitative estimate of drug-likeness (QED) is 0.747. The van der Waals surface area contributed by atoms with Gasteiger partial charge in [0.15, 0.2) is 5.65 Å². The van der Waals surface area contributed by atoms with Crippen LogP contribution in [0.4, 0.5) is 0 Å². The van der Waals surface area contributed by atoms with Gasteiger partial charge in [-0.25, -0.2) is 9.78 Å². The number of rotatable bonds is 6. The van der Waals surface area contributed by atoms with E-state index >= 15 is 0 Å². The number of fused-ring (bicyclic) bond motifs is 1. The lowest BCUT2D eigenvalue weighted by molar-refractivity contribution is 0.555. The standard InChI is InChI=1S/C17H20N4O2S/c1-3-8-20-15-14(16(22)21(9-4-2)17(20)23)18-13(19-15)6-5-12-7-10-24-11-12/h5-7,10-11H,3-4,8-9H2,1-2H3,(H,18,19)/b6-5+. The maximum absolute atomic E-state index is 12.6. The van der Waals surface area contributed by atoms with E-state index in [0.717, 1.165) is 18.4 Å².